The Bertz CT molecular complexity index is 457. The van der Waals surface area contributed by atoms with Gasteiger partial charge in [-0.3, -0.25) is 10.1 Å². The molecule has 7 heteroatoms. The van der Waals surface area contributed by atoms with E-state index >= 15 is 0 Å². The lowest BCUT2D eigenvalue weighted by Crippen LogP contribution is -2.35. The maximum Gasteiger partial charge on any atom is 0.321 e. The summed E-state index contributed by atoms with van der Waals surface area (Å²) in [5.41, 5.74) is 0.692. The first-order valence-corrected chi connectivity index (χ1v) is 5.79. The van der Waals surface area contributed by atoms with Gasteiger partial charge in [-0.2, -0.15) is 0 Å². The van der Waals surface area contributed by atoms with Crippen LogP contribution in [0.15, 0.2) is 10.6 Å². The highest BCUT2D eigenvalue weighted by Crippen LogP contribution is 2.15. The average Bonchev–Trinajstić information content (AvgIpc) is 2.86. The molecule has 98 valence electrons. The molecule has 0 aliphatic carbocycles. The second-order valence-electron chi connectivity index (χ2n) is 4.41. The van der Waals surface area contributed by atoms with Crippen molar-refractivity contribution in [1.29, 1.82) is 0 Å². The van der Waals surface area contributed by atoms with Crippen molar-refractivity contribution in [3.8, 4) is 0 Å². The summed E-state index contributed by atoms with van der Waals surface area (Å²) in [6.07, 6.45) is 0.775. The first-order valence-electron chi connectivity index (χ1n) is 5.79. The van der Waals surface area contributed by atoms with Gasteiger partial charge in [-0.25, -0.2) is 4.79 Å². The Morgan fingerprint density at radius 1 is 1.67 bits per heavy atom. The quantitative estimate of drug-likeness (QED) is 0.823. The Balaban J connectivity index is 1.77. The zero-order chi connectivity index (χ0) is 13.1. The number of aromatic nitrogens is 1. The minimum atomic E-state index is -0.395. The van der Waals surface area contributed by atoms with E-state index in [1.165, 1.54) is 0 Å². The number of anilines is 1. The van der Waals surface area contributed by atoms with Crippen LogP contribution in [0, 0.1) is 12.8 Å². The maximum atomic E-state index is 11.6. The smallest absolute Gasteiger partial charge is 0.321 e. The molecule has 0 saturated carbocycles. The summed E-state index contributed by atoms with van der Waals surface area (Å²) in [4.78, 5) is 24.8. The van der Waals surface area contributed by atoms with Gasteiger partial charge in [0.05, 0.1) is 11.6 Å². The number of carbonyl (C=O) groups excluding carboxylic acids is 2. The van der Waals surface area contributed by atoms with Gasteiger partial charge in [-0.05, 0) is 13.3 Å². The molecule has 2 rings (SSSR count). The van der Waals surface area contributed by atoms with Gasteiger partial charge in [0.2, 0.25) is 11.8 Å². The number of nitrogens with one attached hydrogen (secondary N) is 2. The largest absolute Gasteiger partial charge is 0.345 e. The zero-order valence-corrected chi connectivity index (χ0v) is 10.4. The Kier molecular flexibility index (Phi) is 3.50. The standard InChI is InChI=1S/C11H16N4O3/c1-7-5-9(18-14-7)13-11(17)12-6-8-3-4-15(2)10(8)16/h5,8H,3-4,6H2,1-2H3,(H2,12,13,17). The van der Waals surface area contributed by atoms with Crippen molar-refractivity contribution < 1.29 is 14.1 Å². The molecule has 1 saturated heterocycles. The van der Waals surface area contributed by atoms with Crippen LogP contribution in [0.5, 0.6) is 0 Å². The monoisotopic (exact) mass is 252 g/mol. The van der Waals surface area contributed by atoms with Crippen LogP contribution < -0.4 is 10.6 Å². The molecule has 1 aliphatic rings. The minimum Gasteiger partial charge on any atom is -0.345 e. The predicted octanol–water partition coefficient (Wildman–Crippen LogP) is 0.583. The van der Waals surface area contributed by atoms with Crippen LogP contribution in [0.2, 0.25) is 0 Å². The van der Waals surface area contributed by atoms with E-state index in [1.807, 2.05) is 0 Å². The Morgan fingerprint density at radius 2 is 2.44 bits per heavy atom. The van der Waals surface area contributed by atoms with Gasteiger partial charge in [-0.15, -0.1) is 0 Å². The molecule has 0 aromatic carbocycles. The molecule has 1 aromatic rings. The van der Waals surface area contributed by atoms with E-state index in [0.717, 1.165) is 13.0 Å². The fourth-order valence-electron chi connectivity index (χ4n) is 1.88. The molecule has 18 heavy (non-hydrogen) atoms. The number of amides is 3. The molecule has 1 fully saturated rings. The number of rotatable bonds is 3. The summed E-state index contributed by atoms with van der Waals surface area (Å²) in [5, 5.41) is 8.81. The minimum absolute atomic E-state index is 0.0748. The first kappa shape index (κ1) is 12.4. The highest BCUT2D eigenvalue weighted by molar-refractivity contribution is 5.88. The van der Waals surface area contributed by atoms with E-state index in [4.69, 9.17) is 4.52 Å². The molecule has 0 bridgehead atoms. The van der Waals surface area contributed by atoms with Crippen LogP contribution in [0.4, 0.5) is 10.7 Å². The number of hydrogen-bond acceptors (Lipinski definition) is 4. The molecule has 1 unspecified atom stereocenters. The second kappa shape index (κ2) is 5.07. The lowest BCUT2D eigenvalue weighted by atomic mass is 10.1. The predicted molar refractivity (Wildman–Crippen MR) is 64.0 cm³/mol. The van der Waals surface area contributed by atoms with Crippen LogP contribution in [-0.2, 0) is 4.79 Å². The number of likely N-dealkylation sites (tertiary alicyclic amines) is 1. The van der Waals surface area contributed by atoms with Crippen molar-refractivity contribution in [3.05, 3.63) is 11.8 Å². The maximum absolute atomic E-state index is 11.6. The second-order valence-corrected chi connectivity index (χ2v) is 4.41. The van der Waals surface area contributed by atoms with Crippen molar-refractivity contribution in [2.45, 2.75) is 13.3 Å². The van der Waals surface area contributed by atoms with Crippen LogP contribution in [0.3, 0.4) is 0 Å². The normalized spacial score (nSPS) is 19.1. The highest BCUT2D eigenvalue weighted by Gasteiger charge is 2.29. The van der Waals surface area contributed by atoms with Gasteiger partial charge in [0.1, 0.15) is 0 Å². The van der Waals surface area contributed by atoms with Crippen molar-refractivity contribution in [1.82, 2.24) is 15.4 Å². The summed E-state index contributed by atoms with van der Waals surface area (Å²) in [6, 6.07) is 1.22. The van der Waals surface area contributed by atoms with Crippen molar-refractivity contribution >= 4 is 17.8 Å². The molecular formula is C11H16N4O3. The van der Waals surface area contributed by atoms with Gasteiger partial charge >= 0.3 is 6.03 Å². The van der Waals surface area contributed by atoms with Crippen LogP contribution in [0.25, 0.3) is 0 Å². The number of nitrogens with zero attached hydrogens (tertiary/aromatic N) is 2. The summed E-state index contributed by atoms with van der Waals surface area (Å²) in [6.45, 7) is 2.84. The van der Waals surface area contributed by atoms with E-state index < -0.39 is 6.03 Å². The van der Waals surface area contributed by atoms with E-state index in [-0.39, 0.29) is 11.8 Å². The zero-order valence-electron chi connectivity index (χ0n) is 10.4. The number of carbonyl (C=O) groups is 2. The number of urea groups is 1. The Labute approximate surface area is 104 Å². The molecule has 3 amide bonds. The third-order valence-corrected chi connectivity index (χ3v) is 2.91. The van der Waals surface area contributed by atoms with Gasteiger partial charge in [0.25, 0.3) is 0 Å². The van der Waals surface area contributed by atoms with Crippen molar-refractivity contribution in [3.63, 3.8) is 0 Å². The van der Waals surface area contributed by atoms with Crippen LogP contribution in [-0.4, -0.2) is 42.1 Å². The molecular weight excluding hydrogens is 236 g/mol. The molecule has 1 atom stereocenters. The molecule has 2 heterocycles. The molecule has 2 N–H and O–H groups in total. The lowest BCUT2D eigenvalue weighted by Gasteiger charge is -2.11. The Hall–Kier alpha value is -2.05. The molecule has 7 nitrogen and oxygen atoms in total. The van der Waals surface area contributed by atoms with Crippen molar-refractivity contribution in [2.75, 3.05) is 25.5 Å². The third-order valence-electron chi connectivity index (χ3n) is 2.91. The Morgan fingerprint density at radius 3 is 3.00 bits per heavy atom. The molecule has 0 spiro atoms. The molecule has 0 radical (unpaired) electrons. The van der Waals surface area contributed by atoms with Gasteiger partial charge in [0.15, 0.2) is 0 Å². The fraction of sp³-hybridized carbons (Fsp3) is 0.545. The van der Waals surface area contributed by atoms with Gasteiger partial charge in [-0.1, -0.05) is 5.16 Å². The summed E-state index contributed by atoms with van der Waals surface area (Å²) < 4.78 is 4.85. The topological polar surface area (TPSA) is 87.5 Å². The fourth-order valence-corrected chi connectivity index (χ4v) is 1.88. The van der Waals surface area contributed by atoms with E-state index in [9.17, 15) is 9.59 Å². The number of hydrogen-bond donors (Lipinski definition) is 2. The van der Waals surface area contributed by atoms with E-state index in [2.05, 4.69) is 15.8 Å². The highest BCUT2D eigenvalue weighted by atomic mass is 16.5. The van der Waals surface area contributed by atoms with Crippen LogP contribution in [0.1, 0.15) is 12.1 Å². The number of aryl methyl sites for hydroxylation is 1. The SMILES string of the molecule is Cc1cc(NC(=O)NCC2CCN(C)C2=O)on1. The third kappa shape index (κ3) is 2.79. The van der Waals surface area contributed by atoms with E-state index in [1.54, 1.807) is 24.9 Å². The van der Waals surface area contributed by atoms with Gasteiger partial charge < -0.3 is 14.7 Å². The van der Waals surface area contributed by atoms with Gasteiger partial charge in [0, 0.05) is 26.2 Å². The average molecular weight is 252 g/mol. The summed E-state index contributed by atoms with van der Waals surface area (Å²) in [7, 11) is 1.76. The molecule has 1 aromatic heterocycles. The van der Waals surface area contributed by atoms with Crippen molar-refractivity contribution in [2.24, 2.45) is 5.92 Å². The lowest BCUT2D eigenvalue weighted by molar-refractivity contribution is -0.129. The summed E-state index contributed by atoms with van der Waals surface area (Å²) in [5.74, 6) is 0.239. The first-order chi connectivity index (χ1) is 8.56. The van der Waals surface area contributed by atoms with E-state index in [0.29, 0.717) is 18.1 Å². The van der Waals surface area contributed by atoms with Crippen LogP contribution >= 0.6 is 0 Å². The summed E-state index contributed by atoms with van der Waals surface area (Å²) >= 11 is 0. The molecule has 1 aliphatic heterocycles.